The van der Waals surface area contributed by atoms with Gasteiger partial charge in [0.1, 0.15) is 0 Å². The highest BCUT2D eigenvalue weighted by Gasteiger charge is 2.33. The number of aromatic carboxylic acids is 1. The quantitative estimate of drug-likeness (QED) is 0.736. The molecule has 1 aliphatic rings. The highest BCUT2D eigenvalue weighted by molar-refractivity contribution is 6.01. The molecule has 0 radical (unpaired) electrons. The summed E-state index contributed by atoms with van der Waals surface area (Å²) in [7, 11) is 0. The molecule has 2 unspecified atom stereocenters. The molecule has 2 atom stereocenters. The lowest BCUT2D eigenvalue weighted by Gasteiger charge is -2.19. The van der Waals surface area contributed by atoms with Crippen LogP contribution in [0.3, 0.4) is 0 Å². The van der Waals surface area contributed by atoms with Crippen molar-refractivity contribution in [1.29, 1.82) is 0 Å². The molecule has 0 aromatic heterocycles. The second kappa shape index (κ2) is 7.19. The molecule has 0 aliphatic carbocycles. The minimum Gasteiger partial charge on any atom is -0.478 e. The molecular formula is C15H20N2O4. The molecule has 0 spiro atoms. The Balaban J connectivity index is 2.06. The fourth-order valence-corrected chi connectivity index (χ4v) is 2.35. The predicted molar refractivity (Wildman–Crippen MR) is 78.4 cm³/mol. The van der Waals surface area contributed by atoms with Crippen molar-refractivity contribution in [1.82, 2.24) is 5.32 Å². The Labute approximate surface area is 123 Å². The third-order valence-corrected chi connectivity index (χ3v) is 3.49. The van der Waals surface area contributed by atoms with Crippen molar-refractivity contribution < 1.29 is 19.4 Å². The normalized spacial score (nSPS) is 21.2. The van der Waals surface area contributed by atoms with Crippen molar-refractivity contribution in [3.05, 3.63) is 29.8 Å². The molecule has 3 N–H and O–H groups in total. The maximum Gasteiger partial charge on any atom is 0.337 e. The van der Waals surface area contributed by atoms with Gasteiger partial charge in [0.15, 0.2) is 0 Å². The summed E-state index contributed by atoms with van der Waals surface area (Å²) in [4.78, 5) is 23.5. The third-order valence-electron chi connectivity index (χ3n) is 3.49. The zero-order valence-electron chi connectivity index (χ0n) is 12.0. The number of hydrogen-bond acceptors (Lipinski definition) is 4. The molecule has 2 rings (SSSR count). The lowest BCUT2D eigenvalue weighted by molar-refractivity contribution is -0.120. The standard InChI is InChI=1S/C15H20N2O4/c1-2-7-16-13-9-21-8-11(13)14(18)17-12-6-4-3-5-10(12)15(19)20/h3-6,11,13,16H,2,7-9H2,1H3,(H,17,18)(H,19,20). The van der Waals surface area contributed by atoms with E-state index in [1.54, 1.807) is 18.2 Å². The molecular weight excluding hydrogens is 272 g/mol. The number of anilines is 1. The summed E-state index contributed by atoms with van der Waals surface area (Å²) < 4.78 is 5.36. The number of ether oxygens (including phenoxy) is 1. The van der Waals surface area contributed by atoms with Gasteiger partial charge in [0, 0.05) is 6.04 Å². The molecule has 114 valence electrons. The second-order valence-electron chi connectivity index (χ2n) is 5.04. The number of nitrogens with one attached hydrogen (secondary N) is 2. The molecule has 0 saturated carbocycles. The van der Waals surface area contributed by atoms with Crippen LogP contribution in [-0.2, 0) is 9.53 Å². The smallest absolute Gasteiger partial charge is 0.337 e. The monoisotopic (exact) mass is 292 g/mol. The summed E-state index contributed by atoms with van der Waals surface area (Å²) in [5.41, 5.74) is 0.402. The number of carboxylic acid groups (broad SMARTS) is 1. The Hall–Kier alpha value is -1.92. The molecule has 1 amide bonds. The van der Waals surface area contributed by atoms with Crippen LogP contribution in [0, 0.1) is 5.92 Å². The zero-order valence-corrected chi connectivity index (χ0v) is 12.0. The van der Waals surface area contributed by atoms with Gasteiger partial charge in [0.2, 0.25) is 5.91 Å². The van der Waals surface area contributed by atoms with Gasteiger partial charge in [-0.05, 0) is 25.1 Å². The van der Waals surface area contributed by atoms with Crippen LogP contribution in [-0.4, -0.2) is 42.8 Å². The first-order valence-corrected chi connectivity index (χ1v) is 7.07. The maximum atomic E-state index is 12.3. The summed E-state index contributed by atoms with van der Waals surface area (Å²) in [5.74, 6) is -1.58. The number of benzene rings is 1. The summed E-state index contributed by atoms with van der Waals surface area (Å²) in [6.45, 7) is 3.73. The zero-order chi connectivity index (χ0) is 15.2. The molecule has 1 aromatic rings. The van der Waals surface area contributed by atoms with Crippen LogP contribution < -0.4 is 10.6 Å². The van der Waals surface area contributed by atoms with Crippen LogP contribution in [0.15, 0.2) is 24.3 Å². The maximum absolute atomic E-state index is 12.3. The first-order chi connectivity index (χ1) is 10.1. The van der Waals surface area contributed by atoms with Gasteiger partial charge in [-0.25, -0.2) is 4.79 Å². The number of para-hydroxylation sites is 1. The number of amides is 1. The third kappa shape index (κ3) is 3.80. The summed E-state index contributed by atoms with van der Waals surface area (Å²) in [6, 6.07) is 6.35. The highest BCUT2D eigenvalue weighted by Crippen LogP contribution is 2.19. The van der Waals surface area contributed by atoms with E-state index in [4.69, 9.17) is 9.84 Å². The van der Waals surface area contributed by atoms with Gasteiger partial charge in [0.25, 0.3) is 0 Å². The topological polar surface area (TPSA) is 87.7 Å². The summed E-state index contributed by atoms with van der Waals surface area (Å²) in [5, 5.41) is 15.1. The molecule has 1 aromatic carbocycles. The number of carbonyl (C=O) groups excluding carboxylic acids is 1. The van der Waals surface area contributed by atoms with E-state index < -0.39 is 5.97 Å². The van der Waals surface area contributed by atoms with E-state index in [1.807, 2.05) is 0 Å². The van der Waals surface area contributed by atoms with Gasteiger partial charge in [-0.1, -0.05) is 19.1 Å². The SMILES string of the molecule is CCCNC1COCC1C(=O)Nc1ccccc1C(=O)O. The van der Waals surface area contributed by atoms with Crippen molar-refractivity contribution in [2.24, 2.45) is 5.92 Å². The van der Waals surface area contributed by atoms with Crippen molar-refractivity contribution in [3.8, 4) is 0 Å². The highest BCUT2D eigenvalue weighted by atomic mass is 16.5. The minimum absolute atomic E-state index is 0.0260. The molecule has 0 bridgehead atoms. The van der Waals surface area contributed by atoms with E-state index in [2.05, 4.69) is 17.6 Å². The number of carbonyl (C=O) groups is 2. The average Bonchev–Trinajstić information content (AvgIpc) is 2.94. The number of hydrogen-bond donors (Lipinski definition) is 3. The molecule has 1 saturated heterocycles. The van der Waals surface area contributed by atoms with E-state index in [9.17, 15) is 9.59 Å². The van der Waals surface area contributed by atoms with Gasteiger partial charge in [-0.2, -0.15) is 0 Å². The second-order valence-corrected chi connectivity index (χ2v) is 5.04. The molecule has 21 heavy (non-hydrogen) atoms. The van der Waals surface area contributed by atoms with Gasteiger partial charge in [0.05, 0.1) is 30.4 Å². The molecule has 1 fully saturated rings. The Morgan fingerprint density at radius 2 is 2.10 bits per heavy atom. The van der Waals surface area contributed by atoms with Crippen LogP contribution in [0.25, 0.3) is 0 Å². The Morgan fingerprint density at radius 1 is 1.33 bits per heavy atom. The minimum atomic E-state index is -1.06. The van der Waals surface area contributed by atoms with E-state index in [0.717, 1.165) is 13.0 Å². The first-order valence-electron chi connectivity index (χ1n) is 7.07. The first kappa shape index (κ1) is 15.5. The van der Waals surface area contributed by atoms with Crippen LogP contribution in [0.1, 0.15) is 23.7 Å². The van der Waals surface area contributed by atoms with E-state index >= 15 is 0 Å². The van der Waals surface area contributed by atoms with Crippen molar-refractivity contribution in [3.63, 3.8) is 0 Å². The van der Waals surface area contributed by atoms with Crippen LogP contribution in [0.2, 0.25) is 0 Å². The van der Waals surface area contributed by atoms with Gasteiger partial charge < -0.3 is 20.5 Å². The van der Waals surface area contributed by atoms with Gasteiger partial charge in [-0.3, -0.25) is 4.79 Å². The van der Waals surface area contributed by atoms with E-state index in [0.29, 0.717) is 18.9 Å². The molecule has 1 heterocycles. The molecule has 1 aliphatic heterocycles. The van der Waals surface area contributed by atoms with E-state index in [1.165, 1.54) is 6.07 Å². The predicted octanol–water partition coefficient (Wildman–Crippen LogP) is 1.34. The van der Waals surface area contributed by atoms with Crippen LogP contribution in [0.5, 0.6) is 0 Å². The van der Waals surface area contributed by atoms with Gasteiger partial charge in [-0.15, -0.1) is 0 Å². The summed E-state index contributed by atoms with van der Waals surface area (Å²) in [6.07, 6.45) is 0.979. The summed E-state index contributed by atoms with van der Waals surface area (Å²) >= 11 is 0. The van der Waals surface area contributed by atoms with Gasteiger partial charge >= 0.3 is 5.97 Å². The largest absolute Gasteiger partial charge is 0.478 e. The Kier molecular flexibility index (Phi) is 5.30. The molecule has 6 nitrogen and oxygen atoms in total. The van der Waals surface area contributed by atoms with Crippen LogP contribution >= 0.6 is 0 Å². The van der Waals surface area contributed by atoms with Crippen LogP contribution in [0.4, 0.5) is 5.69 Å². The Bertz CT molecular complexity index is 518. The van der Waals surface area contributed by atoms with E-state index in [-0.39, 0.29) is 23.4 Å². The van der Waals surface area contributed by atoms with Crippen molar-refractivity contribution >= 4 is 17.6 Å². The fourth-order valence-electron chi connectivity index (χ4n) is 2.35. The molecule has 6 heteroatoms. The average molecular weight is 292 g/mol. The fraction of sp³-hybridized carbons (Fsp3) is 0.467. The Morgan fingerprint density at radius 3 is 2.81 bits per heavy atom. The lowest BCUT2D eigenvalue weighted by Crippen LogP contribution is -2.41. The lowest BCUT2D eigenvalue weighted by atomic mass is 10.0. The van der Waals surface area contributed by atoms with Crippen molar-refractivity contribution in [2.45, 2.75) is 19.4 Å². The van der Waals surface area contributed by atoms with Crippen molar-refractivity contribution in [2.75, 3.05) is 25.1 Å². The number of carboxylic acids is 1. The number of rotatable bonds is 6.